The predicted octanol–water partition coefficient (Wildman–Crippen LogP) is 1.39. The number of hydrogen-bond donors (Lipinski definition) is 1. The second-order valence-corrected chi connectivity index (χ2v) is 4.96. The van der Waals surface area contributed by atoms with Crippen LogP contribution in [0.25, 0.3) is 0 Å². The minimum absolute atomic E-state index is 0.110. The fourth-order valence-electron chi connectivity index (χ4n) is 2.60. The molecule has 2 rings (SSSR count). The first-order valence-electron chi connectivity index (χ1n) is 6.64. The molecular weight excluding hydrogens is 302 g/mol. The van der Waals surface area contributed by atoms with Crippen LogP contribution in [0.3, 0.4) is 0 Å². The topological polar surface area (TPSA) is 122 Å². The second kappa shape index (κ2) is 6.27. The Bertz CT molecular complexity index is 763. The van der Waals surface area contributed by atoms with Crippen molar-refractivity contribution in [1.82, 2.24) is 5.32 Å². The molecular formula is C15H13N3O5. The SMILES string of the molecule is COC(=O)C1=C(C)NC(=O)[C@H](C#N)[C@@H]1c1cccc([N+](=O)[O-])c1. The number of amides is 1. The molecule has 2 atom stereocenters. The van der Waals surface area contributed by atoms with E-state index in [0.717, 1.165) is 0 Å². The number of nitro benzene ring substituents is 1. The van der Waals surface area contributed by atoms with Gasteiger partial charge in [-0.2, -0.15) is 5.26 Å². The zero-order valence-electron chi connectivity index (χ0n) is 12.4. The smallest absolute Gasteiger partial charge is 0.336 e. The summed E-state index contributed by atoms with van der Waals surface area (Å²) in [5.41, 5.74) is 0.524. The highest BCUT2D eigenvalue weighted by Gasteiger charge is 2.41. The Hall–Kier alpha value is -3.21. The van der Waals surface area contributed by atoms with E-state index in [1.807, 2.05) is 6.07 Å². The lowest BCUT2D eigenvalue weighted by molar-refractivity contribution is -0.384. The molecule has 0 unspecified atom stereocenters. The van der Waals surface area contributed by atoms with Crippen molar-refractivity contribution in [1.29, 1.82) is 5.26 Å². The fraction of sp³-hybridized carbons (Fsp3) is 0.267. The fourth-order valence-corrected chi connectivity index (χ4v) is 2.60. The average molecular weight is 315 g/mol. The van der Waals surface area contributed by atoms with E-state index < -0.39 is 28.6 Å². The van der Waals surface area contributed by atoms with Gasteiger partial charge in [0, 0.05) is 23.7 Å². The summed E-state index contributed by atoms with van der Waals surface area (Å²) in [6.07, 6.45) is 0. The van der Waals surface area contributed by atoms with E-state index in [1.165, 1.54) is 38.3 Å². The van der Waals surface area contributed by atoms with E-state index in [4.69, 9.17) is 4.74 Å². The van der Waals surface area contributed by atoms with E-state index in [-0.39, 0.29) is 17.0 Å². The van der Waals surface area contributed by atoms with Crippen LogP contribution in [0, 0.1) is 27.4 Å². The van der Waals surface area contributed by atoms with Crippen LogP contribution in [0.5, 0.6) is 0 Å². The number of rotatable bonds is 3. The maximum absolute atomic E-state index is 12.1. The molecule has 1 aliphatic heterocycles. The van der Waals surface area contributed by atoms with Gasteiger partial charge in [-0.15, -0.1) is 0 Å². The number of nitrogens with one attached hydrogen (secondary N) is 1. The quantitative estimate of drug-likeness (QED) is 0.511. The lowest BCUT2D eigenvalue weighted by Crippen LogP contribution is -2.41. The zero-order chi connectivity index (χ0) is 17.1. The monoisotopic (exact) mass is 315 g/mol. The zero-order valence-corrected chi connectivity index (χ0v) is 12.4. The van der Waals surface area contributed by atoms with Crippen LogP contribution in [0.15, 0.2) is 35.5 Å². The van der Waals surface area contributed by atoms with E-state index in [2.05, 4.69) is 5.32 Å². The number of nitro groups is 1. The first-order valence-corrected chi connectivity index (χ1v) is 6.64. The first-order chi connectivity index (χ1) is 10.9. The number of ether oxygens (including phenoxy) is 1. The number of esters is 1. The molecule has 23 heavy (non-hydrogen) atoms. The summed E-state index contributed by atoms with van der Waals surface area (Å²) >= 11 is 0. The Morgan fingerprint density at radius 3 is 2.74 bits per heavy atom. The molecule has 0 fully saturated rings. The van der Waals surface area contributed by atoms with Crippen molar-refractivity contribution in [2.24, 2.45) is 5.92 Å². The van der Waals surface area contributed by atoms with Crippen molar-refractivity contribution in [3.8, 4) is 6.07 Å². The van der Waals surface area contributed by atoms with Crippen molar-refractivity contribution in [2.75, 3.05) is 7.11 Å². The Morgan fingerprint density at radius 2 is 2.17 bits per heavy atom. The van der Waals surface area contributed by atoms with Crippen molar-refractivity contribution in [2.45, 2.75) is 12.8 Å². The number of allylic oxidation sites excluding steroid dienone is 1. The Labute approximate surface area is 131 Å². The van der Waals surface area contributed by atoms with E-state index in [0.29, 0.717) is 5.56 Å². The van der Waals surface area contributed by atoms with Gasteiger partial charge in [-0.3, -0.25) is 14.9 Å². The maximum atomic E-state index is 12.1. The molecule has 1 heterocycles. The van der Waals surface area contributed by atoms with Crippen LogP contribution < -0.4 is 5.32 Å². The standard InChI is InChI=1S/C15H13N3O5/c1-8-12(15(20)23-2)13(11(7-16)14(19)17-8)9-4-3-5-10(6-9)18(21)22/h3-6,11,13H,1-2H3,(H,17,19)/t11-,13+/m1/s1. The molecule has 8 heteroatoms. The molecule has 0 saturated heterocycles. The third kappa shape index (κ3) is 2.89. The molecule has 0 saturated carbocycles. The molecule has 1 aromatic carbocycles. The number of non-ortho nitro benzene ring substituents is 1. The molecule has 0 spiro atoms. The molecule has 118 valence electrons. The molecule has 0 bridgehead atoms. The van der Waals surface area contributed by atoms with Crippen molar-refractivity contribution in [3.63, 3.8) is 0 Å². The summed E-state index contributed by atoms with van der Waals surface area (Å²) in [6, 6.07) is 7.39. The number of methoxy groups -OCH3 is 1. The van der Waals surface area contributed by atoms with Gasteiger partial charge in [-0.25, -0.2) is 4.79 Å². The molecule has 0 aliphatic carbocycles. The van der Waals surface area contributed by atoms with Gasteiger partial charge in [0.15, 0.2) is 0 Å². The molecule has 1 aliphatic rings. The Morgan fingerprint density at radius 1 is 1.48 bits per heavy atom. The van der Waals surface area contributed by atoms with Crippen molar-refractivity contribution < 1.29 is 19.2 Å². The number of hydrogen-bond acceptors (Lipinski definition) is 6. The normalized spacial score (nSPS) is 20.5. The van der Waals surface area contributed by atoms with Gasteiger partial charge >= 0.3 is 5.97 Å². The number of nitriles is 1. The third-order valence-electron chi connectivity index (χ3n) is 3.63. The van der Waals surface area contributed by atoms with E-state index >= 15 is 0 Å². The van der Waals surface area contributed by atoms with E-state index in [9.17, 15) is 25.0 Å². The van der Waals surface area contributed by atoms with Crippen LogP contribution >= 0.6 is 0 Å². The highest BCUT2D eigenvalue weighted by Crippen LogP contribution is 2.38. The highest BCUT2D eigenvalue weighted by atomic mass is 16.6. The van der Waals surface area contributed by atoms with Crippen LogP contribution in [-0.4, -0.2) is 23.9 Å². The number of carbonyl (C=O) groups excluding carboxylic acids is 2. The second-order valence-electron chi connectivity index (χ2n) is 4.96. The van der Waals surface area contributed by atoms with Crippen molar-refractivity contribution >= 4 is 17.6 Å². The van der Waals surface area contributed by atoms with Crippen molar-refractivity contribution in [3.05, 3.63) is 51.2 Å². The Balaban J connectivity index is 2.66. The van der Waals surface area contributed by atoms with Gasteiger partial charge in [0.1, 0.15) is 5.92 Å². The highest BCUT2D eigenvalue weighted by molar-refractivity contribution is 5.97. The minimum Gasteiger partial charge on any atom is -0.466 e. The molecule has 1 amide bonds. The van der Waals surface area contributed by atoms with E-state index in [1.54, 1.807) is 0 Å². The van der Waals surface area contributed by atoms with Gasteiger partial charge in [0.25, 0.3) is 5.69 Å². The van der Waals surface area contributed by atoms with Crippen LogP contribution in [0.2, 0.25) is 0 Å². The summed E-state index contributed by atoms with van der Waals surface area (Å²) in [4.78, 5) is 34.5. The largest absolute Gasteiger partial charge is 0.466 e. The van der Waals surface area contributed by atoms with Crippen LogP contribution in [-0.2, 0) is 14.3 Å². The molecule has 1 N–H and O–H groups in total. The summed E-state index contributed by atoms with van der Waals surface area (Å²) in [5.74, 6) is -3.37. The van der Waals surface area contributed by atoms with Gasteiger partial charge in [0.2, 0.25) is 5.91 Å². The van der Waals surface area contributed by atoms with Gasteiger partial charge in [-0.1, -0.05) is 12.1 Å². The van der Waals surface area contributed by atoms with Crippen LogP contribution in [0.4, 0.5) is 5.69 Å². The number of benzene rings is 1. The van der Waals surface area contributed by atoms with Gasteiger partial charge in [-0.05, 0) is 12.5 Å². The summed E-state index contributed by atoms with van der Waals surface area (Å²) < 4.78 is 4.73. The van der Waals surface area contributed by atoms with Crippen LogP contribution in [0.1, 0.15) is 18.4 Å². The summed E-state index contributed by atoms with van der Waals surface area (Å²) in [5, 5.41) is 22.7. The van der Waals surface area contributed by atoms with Gasteiger partial charge in [0.05, 0.1) is 23.7 Å². The number of carbonyl (C=O) groups is 2. The average Bonchev–Trinajstić information content (AvgIpc) is 2.53. The first kappa shape index (κ1) is 16.2. The van der Waals surface area contributed by atoms with Gasteiger partial charge < -0.3 is 10.1 Å². The molecule has 0 aromatic heterocycles. The number of nitrogens with zero attached hydrogens (tertiary/aromatic N) is 2. The lowest BCUT2D eigenvalue weighted by Gasteiger charge is -2.29. The Kier molecular flexibility index (Phi) is 4.41. The molecule has 8 nitrogen and oxygen atoms in total. The predicted molar refractivity (Wildman–Crippen MR) is 77.8 cm³/mol. The third-order valence-corrected chi connectivity index (χ3v) is 3.63. The minimum atomic E-state index is -1.19. The lowest BCUT2D eigenvalue weighted by atomic mass is 9.77. The molecule has 0 radical (unpaired) electrons. The summed E-state index contributed by atoms with van der Waals surface area (Å²) in [7, 11) is 1.19. The maximum Gasteiger partial charge on any atom is 0.336 e. The summed E-state index contributed by atoms with van der Waals surface area (Å²) in [6.45, 7) is 1.52. The molecule has 1 aromatic rings.